The Morgan fingerprint density at radius 1 is 1.55 bits per heavy atom. The number of nitrogens with one attached hydrogen (secondary N) is 1. The van der Waals surface area contributed by atoms with Gasteiger partial charge in [0, 0.05) is 50.2 Å². The number of allylic oxidation sites excluding steroid dienone is 1. The first kappa shape index (κ1) is 10.9. The van der Waals surface area contributed by atoms with Crippen molar-refractivity contribution in [3.05, 3.63) is 35.9 Å². The molecule has 3 N–H and O–H groups in total. The van der Waals surface area contributed by atoms with E-state index in [9.17, 15) is 0 Å². The van der Waals surface area contributed by atoms with E-state index in [1.54, 1.807) is 6.08 Å². The van der Waals surface area contributed by atoms with Crippen molar-refractivity contribution in [2.75, 3.05) is 6.61 Å². The third-order valence-corrected chi connectivity index (χ3v) is 1.24. The average molecular weight is 228 g/mol. The number of dihydropyridines is 1. The minimum absolute atomic E-state index is 0. The molecule has 4 heteroatoms. The summed E-state index contributed by atoms with van der Waals surface area (Å²) in [7, 11) is 0. The van der Waals surface area contributed by atoms with Gasteiger partial charge in [-0.25, -0.2) is 0 Å². The number of hydrogen-bond acceptors (Lipinski definition) is 3. The van der Waals surface area contributed by atoms with Crippen LogP contribution in [-0.4, -0.2) is 16.8 Å². The fraction of sp³-hybridized carbons (Fsp3) is 0.143. The quantitative estimate of drug-likeness (QED) is 0.609. The number of aliphatic hydroxyl groups is 2. The van der Waals surface area contributed by atoms with Crippen LogP contribution in [0.25, 0.3) is 0 Å². The molecule has 0 atom stereocenters. The summed E-state index contributed by atoms with van der Waals surface area (Å²) < 4.78 is 0. The zero-order valence-corrected chi connectivity index (χ0v) is 8.88. The molecule has 1 radical (unpaired) electrons. The molecular formula is C7H9NO2Y. The maximum atomic E-state index is 8.96. The summed E-state index contributed by atoms with van der Waals surface area (Å²) in [5, 5.41) is 20.3. The first-order valence-corrected chi connectivity index (χ1v) is 2.90. The number of hydrogen-bond donors (Lipinski definition) is 3. The molecule has 1 rings (SSSR count). The van der Waals surface area contributed by atoms with Crippen LogP contribution < -0.4 is 5.32 Å². The van der Waals surface area contributed by atoms with Gasteiger partial charge in [-0.05, 0) is 6.08 Å². The summed E-state index contributed by atoms with van der Waals surface area (Å²) >= 11 is 0. The molecule has 0 saturated heterocycles. The smallest absolute Gasteiger partial charge is 0.138 e. The molecule has 0 spiro atoms. The van der Waals surface area contributed by atoms with E-state index in [0.29, 0.717) is 11.3 Å². The Kier molecular flexibility index (Phi) is 4.65. The second-order valence-corrected chi connectivity index (χ2v) is 2.03. The van der Waals surface area contributed by atoms with Crippen molar-refractivity contribution in [2.45, 2.75) is 0 Å². The molecule has 0 aromatic heterocycles. The van der Waals surface area contributed by atoms with Gasteiger partial charge in [0.05, 0.1) is 6.61 Å². The molecule has 0 amide bonds. The van der Waals surface area contributed by atoms with Gasteiger partial charge in [-0.2, -0.15) is 0 Å². The first-order chi connectivity index (χ1) is 4.74. The van der Waals surface area contributed by atoms with Gasteiger partial charge in [0.25, 0.3) is 0 Å². The van der Waals surface area contributed by atoms with E-state index in [2.05, 4.69) is 11.9 Å². The van der Waals surface area contributed by atoms with E-state index in [1.807, 2.05) is 0 Å². The normalized spacial score (nSPS) is 15.9. The van der Waals surface area contributed by atoms with Crippen LogP contribution in [-0.2, 0) is 32.7 Å². The third-order valence-electron chi connectivity index (χ3n) is 1.24. The van der Waals surface area contributed by atoms with E-state index in [-0.39, 0.29) is 45.1 Å². The van der Waals surface area contributed by atoms with Gasteiger partial charge in [-0.15, -0.1) is 0 Å². The van der Waals surface area contributed by atoms with E-state index in [4.69, 9.17) is 10.2 Å². The Bertz CT molecular complexity index is 220. The van der Waals surface area contributed by atoms with Crippen LogP contribution in [0.2, 0.25) is 0 Å². The van der Waals surface area contributed by atoms with Gasteiger partial charge in [0.2, 0.25) is 0 Å². The van der Waals surface area contributed by atoms with Crippen LogP contribution in [0, 0.1) is 0 Å². The zero-order valence-electron chi connectivity index (χ0n) is 6.04. The second kappa shape index (κ2) is 4.70. The minimum Gasteiger partial charge on any atom is -0.506 e. The van der Waals surface area contributed by atoms with Crippen LogP contribution in [0.3, 0.4) is 0 Å². The van der Waals surface area contributed by atoms with E-state index in [1.165, 1.54) is 6.20 Å². The molecule has 3 nitrogen and oxygen atoms in total. The molecule has 11 heavy (non-hydrogen) atoms. The van der Waals surface area contributed by atoms with Gasteiger partial charge in [-0.1, -0.05) is 6.58 Å². The van der Waals surface area contributed by atoms with Crippen LogP contribution in [0.1, 0.15) is 0 Å². The summed E-state index contributed by atoms with van der Waals surface area (Å²) in [4.78, 5) is 0. The molecule has 0 aliphatic carbocycles. The van der Waals surface area contributed by atoms with E-state index < -0.39 is 0 Å². The van der Waals surface area contributed by atoms with Gasteiger partial charge in [0.15, 0.2) is 0 Å². The molecule has 0 unspecified atom stereocenters. The molecule has 1 heterocycles. The van der Waals surface area contributed by atoms with Crippen LogP contribution in [0.4, 0.5) is 0 Å². The molecule has 0 aromatic rings. The number of rotatable bonds is 1. The molecule has 1 aliphatic rings. The molecule has 0 saturated carbocycles. The Morgan fingerprint density at radius 2 is 2.18 bits per heavy atom. The van der Waals surface area contributed by atoms with Gasteiger partial charge in [-0.3, -0.25) is 0 Å². The zero-order chi connectivity index (χ0) is 7.56. The SMILES string of the molecule is C=C1C=C(CO)NC=C1O.[Y]. The van der Waals surface area contributed by atoms with E-state index in [0.717, 1.165) is 0 Å². The Labute approximate surface area is 90.4 Å². The van der Waals surface area contributed by atoms with Crippen LogP contribution in [0.5, 0.6) is 0 Å². The van der Waals surface area contributed by atoms with Crippen molar-refractivity contribution in [3.63, 3.8) is 0 Å². The molecule has 0 aromatic carbocycles. The minimum atomic E-state index is -0.0667. The van der Waals surface area contributed by atoms with Gasteiger partial charge in [0.1, 0.15) is 5.76 Å². The predicted octanol–water partition coefficient (Wildman–Crippen LogP) is 0.419. The van der Waals surface area contributed by atoms with Crippen molar-refractivity contribution < 1.29 is 42.9 Å². The Hall–Kier alpha value is -0.116. The third kappa shape index (κ3) is 2.77. The Morgan fingerprint density at radius 3 is 2.64 bits per heavy atom. The fourth-order valence-corrected chi connectivity index (χ4v) is 0.671. The summed E-state index contributed by atoms with van der Waals surface area (Å²) in [6.45, 7) is 3.48. The van der Waals surface area contributed by atoms with Crippen molar-refractivity contribution in [1.29, 1.82) is 0 Å². The summed E-state index contributed by atoms with van der Waals surface area (Å²) in [5.41, 5.74) is 1.16. The predicted molar refractivity (Wildman–Crippen MR) is 38.2 cm³/mol. The largest absolute Gasteiger partial charge is 0.506 e. The fourth-order valence-electron chi connectivity index (χ4n) is 0.671. The molecular weight excluding hydrogens is 219 g/mol. The number of aliphatic hydroxyl groups excluding tert-OH is 2. The van der Waals surface area contributed by atoms with Crippen molar-refractivity contribution in [3.8, 4) is 0 Å². The summed E-state index contributed by atoms with van der Waals surface area (Å²) in [6, 6.07) is 0. The van der Waals surface area contributed by atoms with Crippen LogP contribution in [0.15, 0.2) is 35.9 Å². The monoisotopic (exact) mass is 228 g/mol. The summed E-state index contributed by atoms with van der Waals surface area (Å²) in [6.07, 6.45) is 2.99. The topological polar surface area (TPSA) is 52.5 Å². The first-order valence-electron chi connectivity index (χ1n) is 2.90. The second-order valence-electron chi connectivity index (χ2n) is 2.03. The van der Waals surface area contributed by atoms with Crippen LogP contribution >= 0.6 is 0 Å². The average Bonchev–Trinajstić information content (AvgIpc) is 1.95. The molecule has 0 fully saturated rings. The standard InChI is InChI=1S/C7H9NO2.Y/c1-5-2-6(4-9)8-3-7(5)10;/h2-3,8-10H,1,4H2;. The van der Waals surface area contributed by atoms with Crippen molar-refractivity contribution >= 4 is 0 Å². The van der Waals surface area contributed by atoms with Gasteiger partial charge < -0.3 is 15.5 Å². The van der Waals surface area contributed by atoms with Crippen molar-refractivity contribution in [2.24, 2.45) is 0 Å². The maximum Gasteiger partial charge on any atom is 0.138 e. The molecule has 1 aliphatic heterocycles. The molecule has 0 bridgehead atoms. The van der Waals surface area contributed by atoms with Gasteiger partial charge >= 0.3 is 0 Å². The maximum absolute atomic E-state index is 8.96. The Balaban J connectivity index is 0.000001000. The van der Waals surface area contributed by atoms with Crippen molar-refractivity contribution in [1.82, 2.24) is 5.32 Å². The molecule has 57 valence electrons. The summed E-state index contributed by atoms with van der Waals surface area (Å²) in [5.74, 6) is 0.109. The van der Waals surface area contributed by atoms with E-state index >= 15 is 0 Å².